The molecule has 3 aromatic heterocycles. The summed E-state index contributed by atoms with van der Waals surface area (Å²) in [6.45, 7) is 3.82. The molecule has 8 heteroatoms. The van der Waals surface area contributed by atoms with Crippen LogP contribution in [-0.4, -0.2) is 25.1 Å². The number of nitrogens with one attached hydrogen (secondary N) is 1. The van der Waals surface area contributed by atoms with Crippen molar-refractivity contribution < 1.29 is 4.79 Å². The van der Waals surface area contributed by atoms with E-state index < -0.39 is 0 Å². The first-order chi connectivity index (χ1) is 14.0. The van der Waals surface area contributed by atoms with Gasteiger partial charge in [0.1, 0.15) is 17.7 Å². The van der Waals surface area contributed by atoms with E-state index in [4.69, 9.17) is 0 Å². The third-order valence-electron chi connectivity index (χ3n) is 5.49. The van der Waals surface area contributed by atoms with Crippen LogP contribution in [0, 0.1) is 13.8 Å². The third kappa shape index (κ3) is 3.04. The average Bonchev–Trinajstić information content (AvgIpc) is 3.22. The number of amides is 1. The van der Waals surface area contributed by atoms with Crippen molar-refractivity contribution in [1.29, 1.82) is 0 Å². The summed E-state index contributed by atoms with van der Waals surface area (Å²) in [7, 11) is 0. The molecule has 1 N–H and O–H groups in total. The second kappa shape index (κ2) is 6.81. The summed E-state index contributed by atoms with van der Waals surface area (Å²) in [5.41, 5.74) is 4.38. The molecule has 1 aromatic carbocycles. The lowest BCUT2D eigenvalue weighted by Gasteiger charge is -2.10. The Kier molecular flexibility index (Phi) is 4.24. The first-order valence-corrected chi connectivity index (χ1v) is 10.6. The molecule has 7 nitrogen and oxygen atoms in total. The van der Waals surface area contributed by atoms with Gasteiger partial charge < -0.3 is 5.32 Å². The largest absolute Gasteiger partial charge is 0.352 e. The molecule has 1 aliphatic rings. The fraction of sp³-hybridized carbons (Fsp3) is 0.333. The summed E-state index contributed by atoms with van der Waals surface area (Å²) >= 11 is 1.69. The van der Waals surface area contributed by atoms with Crippen molar-refractivity contribution in [3.8, 4) is 0 Å². The second-order valence-corrected chi connectivity index (χ2v) is 8.72. The Morgan fingerprint density at radius 3 is 2.90 bits per heavy atom. The van der Waals surface area contributed by atoms with Crippen LogP contribution in [0.25, 0.3) is 15.9 Å². The van der Waals surface area contributed by atoms with Gasteiger partial charge in [-0.1, -0.05) is 17.7 Å². The van der Waals surface area contributed by atoms with Crippen LogP contribution >= 0.6 is 11.3 Å². The van der Waals surface area contributed by atoms with Crippen LogP contribution in [0.3, 0.4) is 0 Å². The van der Waals surface area contributed by atoms with Crippen LogP contribution in [0.15, 0.2) is 29.3 Å². The highest BCUT2D eigenvalue weighted by atomic mass is 32.1. The number of carbonyl (C=O) groups is 1. The zero-order chi connectivity index (χ0) is 20.1. The maximum absolute atomic E-state index is 12.8. The lowest BCUT2D eigenvalue weighted by atomic mass is 9.97. The molecule has 0 saturated heterocycles. The monoisotopic (exact) mass is 407 g/mol. The molecule has 0 bridgehead atoms. The van der Waals surface area contributed by atoms with E-state index in [9.17, 15) is 9.59 Å². The Morgan fingerprint density at radius 1 is 1.24 bits per heavy atom. The van der Waals surface area contributed by atoms with E-state index in [2.05, 4.69) is 15.4 Å². The van der Waals surface area contributed by atoms with Gasteiger partial charge in [0.15, 0.2) is 5.65 Å². The molecule has 29 heavy (non-hydrogen) atoms. The van der Waals surface area contributed by atoms with Crippen LogP contribution in [0.5, 0.6) is 0 Å². The van der Waals surface area contributed by atoms with Gasteiger partial charge in [-0.05, 0) is 56.7 Å². The van der Waals surface area contributed by atoms with Gasteiger partial charge in [-0.15, -0.1) is 16.4 Å². The molecular weight excluding hydrogens is 386 g/mol. The maximum Gasteiger partial charge on any atom is 0.352 e. The molecule has 1 amide bonds. The molecule has 0 fully saturated rings. The number of aryl methyl sites for hydroxylation is 4. The first-order valence-electron chi connectivity index (χ1n) is 9.77. The third-order valence-corrected chi connectivity index (χ3v) is 6.69. The lowest BCUT2D eigenvalue weighted by Crippen LogP contribution is -2.28. The maximum atomic E-state index is 12.8. The topological polar surface area (TPSA) is 81.3 Å². The number of hydrogen-bond acceptors (Lipinski definition) is 5. The number of rotatable bonds is 3. The summed E-state index contributed by atoms with van der Waals surface area (Å²) in [5.74, 6) is -0.279. The Balaban J connectivity index is 1.51. The number of carbonyl (C=O) groups excluding carboxylic acids is 1. The van der Waals surface area contributed by atoms with Crippen molar-refractivity contribution >= 4 is 38.8 Å². The fourth-order valence-electron chi connectivity index (χ4n) is 4.06. The van der Waals surface area contributed by atoms with Crippen molar-refractivity contribution in [3.05, 3.63) is 56.6 Å². The highest BCUT2D eigenvalue weighted by Gasteiger charge is 2.22. The van der Waals surface area contributed by atoms with Crippen LogP contribution in [0.1, 0.15) is 34.4 Å². The van der Waals surface area contributed by atoms with Gasteiger partial charge in [-0.2, -0.15) is 0 Å². The van der Waals surface area contributed by atoms with Gasteiger partial charge in [-0.3, -0.25) is 4.79 Å². The van der Waals surface area contributed by atoms with Gasteiger partial charge >= 0.3 is 5.69 Å². The van der Waals surface area contributed by atoms with Crippen LogP contribution in [0.2, 0.25) is 0 Å². The lowest BCUT2D eigenvalue weighted by molar-refractivity contribution is -0.117. The molecule has 1 aliphatic carbocycles. The molecule has 3 heterocycles. The van der Waals surface area contributed by atoms with E-state index in [0.29, 0.717) is 5.65 Å². The predicted molar refractivity (Wildman–Crippen MR) is 114 cm³/mol. The molecule has 4 aromatic rings. The van der Waals surface area contributed by atoms with E-state index in [0.717, 1.165) is 46.3 Å². The summed E-state index contributed by atoms with van der Waals surface area (Å²) in [6, 6.07) is 5.83. The van der Waals surface area contributed by atoms with Crippen LogP contribution in [-0.2, 0) is 24.2 Å². The van der Waals surface area contributed by atoms with Crippen LogP contribution in [0.4, 0.5) is 5.69 Å². The van der Waals surface area contributed by atoms with Crippen LogP contribution < -0.4 is 11.0 Å². The number of nitrogens with zero attached hydrogens (tertiary/aromatic N) is 4. The van der Waals surface area contributed by atoms with Crippen molar-refractivity contribution in [1.82, 2.24) is 19.2 Å². The zero-order valence-electron chi connectivity index (χ0n) is 16.4. The van der Waals surface area contributed by atoms with E-state index in [1.165, 1.54) is 32.3 Å². The number of anilines is 1. The molecule has 0 saturated carbocycles. The molecule has 0 unspecified atom stereocenters. The minimum Gasteiger partial charge on any atom is -0.324 e. The SMILES string of the molecule is Cc1ccc(NC(=O)Cn2nc3c4c5c(sc4ncn3c2=O)CCCC5)c(C)c1. The molecule has 148 valence electrons. The highest BCUT2D eigenvalue weighted by Crippen LogP contribution is 2.36. The van der Waals surface area contributed by atoms with Crippen molar-refractivity contribution in [2.75, 3.05) is 5.32 Å². The number of thiophene rings is 1. The molecule has 0 aliphatic heterocycles. The van der Waals surface area contributed by atoms with E-state index in [-0.39, 0.29) is 18.1 Å². The average molecular weight is 407 g/mol. The van der Waals surface area contributed by atoms with E-state index >= 15 is 0 Å². The summed E-state index contributed by atoms with van der Waals surface area (Å²) < 4.78 is 2.68. The Hall–Kier alpha value is -3.00. The Bertz CT molecular complexity index is 1330. The quantitative estimate of drug-likeness (QED) is 0.565. The van der Waals surface area contributed by atoms with Gasteiger partial charge in [0.05, 0.1) is 5.39 Å². The Labute approximate surface area is 171 Å². The number of aromatic nitrogens is 4. The van der Waals surface area contributed by atoms with Gasteiger partial charge in [0.2, 0.25) is 5.91 Å². The molecular formula is C21H21N5O2S. The summed E-state index contributed by atoms with van der Waals surface area (Å²) in [6.07, 6.45) is 5.91. The molecule has 0 radical (unpaired) electrons. The fourth-order valence-corrected chi connectivity index (χ4v) is 5.28. The molecule has 0 spiro atoms. The van der Waals surface area contributed by atoms with Crippen molar-refractivity contribution in [3.63, 3.8) is 0 Å². The normalized spacial score (nSPS) is 13.7. The summed E-state index contributed by atoms with van der Waals surface area (Å²) in [5, 5.41) is 8.36. The van der Waals surface area contributed by atoms with Crippen molar-refractivity contribution in [2.45, 2.75) is 46.1 Å². The predicted octanol–water partition coefficient (Wildman–Crippen LogP) is 3.24. The molecule has 0 atom stereocenters. The number of fused-ring (bicyclic) bond motifs is 5. The van der Waals surface area contributed by atoms with E-state index in [1.807, 2.05) is 32.0 Å². The van der Waals surface area contributed by atoms with E-state index in [1.54, 1.807) is 11.3 Å². The minimum absolute atomic E-state index is 0.137. The minimum atomic E-state index is -0.346. The molecule has 5 rings (SSSR count). The van der Waals surface area contributed by atoms with Gasteiger partial charge in [0.25, 0.3) is 0 Å². The second-order valence-electron chi connectivity index (χ2n) is 7.64. The number of hydrogen-bond donors (Lipinski definition) is 1. The van der Waals surface area contributed by atoms with Crippen molar-refractivity contribution in [2.24, 2.45) is 0 Å². The van der Waals surface area contributed by atoms with Gasteiger partial charge in [0, 0.05) is 10.6 Å². The standard InChI is InChI=1S/C21H21N5O2S/c1-12-7-8-15(13(2)9-12)23-17(27)10-26-21(28)25-11-22-20-18(19(25)24-26)14-5-3-4-6-16(14)29-20/h7-9,11H,3-6,10H2,1-2H3,(H,23,27). The smallest absolute Gasteiger partial charge is 0.324 e. The first kappa shape index (κ1) is 18.1. The summed E-state index contributed by atoms with van der Waals surface area (Å²) in [4.78, 5) is 32.1. The zero-order valence-corrected chi connectivity index (χ0v) is 17.2. The Morgan fingerprint density at radius 2 is 2.07 bits per heavy atom. The number of benzene rings is 1. The van der Waals surface area contributed by atoms with Gasteiger partial charge in [-0.25, -0.2) is 18.9 Å². The highest BCUT2D eigenvalue weighted by molar-refractivity contribution is 7.19.